The van der Waals surface area contributed by atoms with Crippen LogP contribution in [-0.4, -0.2) is 35.0 Å². The van der Waals surface area contributed by atoms with E-state index in [4.69, 9.17) is 9.47 Å². The van der Waals surface area contributed by atoms with Gasteiger partial charge in [-0.2, -0.15) is 0 Å². The van der Waals surface area contributed by atoms with Crippen molar-refractivity contribution in [3.8, 4) is 11.5 Å². The van der Waals surface area contributed by atoms with Gasteiger partial charge in [0.15, 0.2) is 11.5 Å². The Labute approximate surface area is 97.2 Å². The number of hydrogen-bond donors (Lipinski definition) is 1. The maximum atomic E-state index is 5.29. The minimum atomic E-state index is 0.756. The highest BCUT2D eigenvalue weighted by Crippen LogP contribution is 2.34. The third kappa shape index (κ3) is 2.58. The van der Waals surface area contributed by atoms with Gasteiger partial charge in [-0.1, -0.05) is 0 Å². The third-order valence-electron chi connectivity index (χ3n) is 2.51. The second-order valence-corrected chi connectivity index (χ2v) is 3.70. The Kier molecular flexibility index (Phi) is 4.43. The lowest BCUT2D eigenvalue weighted by atomic mass is 10.1. The van der Waals surface area contributed by atoms with Crippen molar-refractivity contribution in [3.05, 3.63) is 17.7 Å². The van der Waals surface area contributed by atoms with E-state index in [0.29, 0.717) is 0 Å². The summed E-state index contributed by atoms with van der Waals surface area (Å²) in [7, 11) is 7.25. The predicted octanol–water partition coefficient (Wildman–Crippen LogP) is 1.63. The molecule has 0 heterocycles. The Balaban J connectivity index is 3.10. The summed E-state index contributed by atoms with van der Waals surface area (Å²) < 4.78 is 10.5. The third-order valence-corrected chi connectivity index (χ3v) is 2.51. The molecule has 4 nitrogen and oxygen atoms in total. The topological polar surface area (TPSA) is 33.7 Å². The van der Waals surface area contributed by atoms with E-state index >= 15 is 0 Å². The number of methoxy groups -OCH3 is 2. The van der Waals surface area contributed by atoms with Crippen LogP contribution in [0.1, 0.15) is 5.56 Å². The van der Waals surface area contributed by atoms with Crippen LogP contribution in [-0.2, 0) is 0 Å². The first-order valence-corrected chi connectivity index (χ1v) is 5.22. The first-order chi connectivity index (χ1) is 7.63. The van der Waals surface area contributed by atoms with Gasteiger partial charge in [-0.05, 0) is 25.6 Å². The van der Waals surface area contributed by atoms with Crippen molar-refractivity contribution in [3.63, 3.8) is 0 Å². The lowest BCUT2D eigenvalue weighted by Gasteiger charge is -2.22. The van der Waals surface area contributed by atoms with Crippen LogP contribution >= 0.6 is 0 Å². The zero-order valence-electron chi connectivity index (χ0n) is 10.6. The van der Waals surface area contributed by atoms with E-state index in [-0.39, 0.29) is 0 Å². The quantitative estimate of drug-likeness (QED) is 0.771. The van der Waals surface area contributed by atoms with E-state index < -0.39 is 0 Å². The Morgan fingerprint density at radius 2 is 1.75 bits per heavy atom. The second kappa shape index (κ2) is 5.61. The molecule has 0 saturated carbocycles. The molecule has 0 aromatic heterocycles. The first-order valence-electron chi connectivity index (χ1n) is 5.22. The molecule has 0 amide bonds. The molecule has 1 N–H and O–H groups in total. The van der Waals surface area contributed by atoms with E-state index in [9.17, 15) is 0 Å². The van der Waals surface area contributed by atoms with Crippen molar-refractivity contribution in [1.82, 2.24) is 5.32 Å². The summed E-state index contributed by atoms with van der Waals surface area (Å²) in [6, 6.07) is 3.98. The molecule has 4 heteroatoms. The maximum absolute atomic E-state index is 5.29. The monoisotopic (exact) mass is 224 g/mol. The van der Waals surface area contributed by atoms with Gasteiger partial charge in [-0.15, -0.1) is 0 Å². The van der Waals surface area contributed by atoms with Gasteiger partial charge in [-0.3, -0.25) is 0 Å². The molecular weight excluding hydrogens is 204 g/mol. The van der Waals surface area contributed by atoms with Crippen LogP contribution in [0.4, 0.5) is 5.69 Å². The molecule has 1 aromatic rings. The number of hydrogen-bond acceptors (Lipinski definition) is 4. The fourth-order valence-electron chi connectivity index (χ4n) is 1.70. The van der Waals surface area contributed by atoms with Crippen LogP contribution in [0.15, 0.2) is 12.1 Å². The molecule has 90 valence electrons. The molecule has 1 aromatic carbocycles. The van der Waals surface area contributed by atoms with Gasteiger partial charge in [0, 0.05) is 18.8 Å². The van der Waals surface area contributed by atoms with Crippen LogP contribution in [0.3, 0.4) is 0 Å². The normalized spacial score (nSPS) is 10.1. The van der Waals surface area contributed by atoms with Crippen LogP contribution in [0.2, 0.25) is 0 Å². The van der Waals surface area contributed by atoms with Crippen molar-refractivity contribution in [2.45, 2.75) is 6.92 Å². The van der Waals surface area contributed by atoms with Gasteiger partial charge in [0.2, 0.25) is 0 Å². The van der Waals surface area contributed by atoms with Gasteiger partial charge in [0.25, 0.3) is 0 Å². The van der Waals surface area contributed by atoms with Crippen molar-refractivity contribution in [1.29, 1.82) is 0 Å². The SMILES string of the molecule is CNCN(C)c1cc(OC)c(OC)cc1C. The van der Waals surface area contributed by atoms with Gasteiger partial charge in [-0.25, -0.2) is 0 Å². The largest absolute Gasteiger partial charge is 0.493 e. The summed E-state index contributed by atoms with van der Waals surface area (Å²) in [6.45, 7) is 2.85. The summed E-state index contributed by atoms with van der Waals surface area (Å²) >= 11 is 0. The van der Waals surface area contributed by atoms with Crippen LogP contribution in [0, 0.1) is 6.92 Å². The molecule has 0 atom stereocenters. The van der Waals surface area contributed by atoms with Crippen LogP contribution < -0.4 is 19.7 Å². The highest BCUT2D eigenvalue weighted by molar-refractivity contribution is 5.61. The van der Waals surface area contributed by atoms with Crippen LogP contribution in [0.5, 0.6) is 11.5 Å². The standard InChI is InChI=1S/C12H20N2O2/c1-9-6-11(15-4)12(16-5)7-10(9)14(3)8-13-2/h6-7,13H,8H2,1-5H3. The number of anilines is 1. The Morgan fingerprint density at radius 3 is 2.25 bits per heavy atom. The summed E-state index contributed by atoms with van der Waals surface area (Å²) in [5.41, 5.74) is 2.29. The van der Waals surface area contributed by atoms with Gasteiger partial charge < -0.3 is 19.7 Å². The predicted molar refractivity (Wildman–Crippen MR) is 66.6 cm³/mol. The number of nitrogens with zero attached hydrogens (tertiary/aromatic N) is 1. The minimum Gasteiger partial charge on any atom is -0.493 e. The average Bonchev–Trinajstić information content (AvgIpc) is 2.28. The van der Waals surface area contributed by atoms with Crippen molar-refractivity contribution < 1.29 is 9.47 Å². The Morgan fingerprint density at radius 1 is 1.19 bits per heavy atom. The molecule has 0 aliphatic carbocycles. The van der Waals surface area contributed by atoms with E-state index in [0.717, 1.165) is 29.4 Å². The van der Waals surface area contributed by atoms with Crippen molar-refractivity contribution in [2.75, 3.05) is 39.9 Å². The smallest absolute Gasteiger partial charge is 0.162 e. The van der Waals surface area contributed by atoms with Crippen molar-refractivity contribution in [2.24, 2.45) is 0 Å². The Bertz CT molecular complexity index is 353. The lowest BCUT2D eigenvalue weighted by molar-refractivity contribution is 0.354. The zero-order valence-corrected chi connectivity index (χ0v) is 10.6. The molecule has 0 radical (unpaired) electrons. The molecule has 16 heavy (non-hydrogen) atoms. The van der Waals surface area contributed by atoms with E-state index in [1.54, 1.807) is 14.2 Å². The molecule has 0 spiro atoms. The lowest BCUT2D eigenvalue weighted by Crippen LogP contribution is -2.28. The average molecular weight is 224 g/mol. The van der Waals surface area contributed by atoms with E-state index in [1.165, 1.54) is 0 Å². The van der Waals surface area contributed by atoms with Gasteiger partial charge >= 0.3 is 0 Å². The maximum Gasteiger partial charge on any atom is 0.162 e. The van der Waals surface area contributed by atoms with Crippen LogP contribution in [0.25, 0.3) is 0 Å². The van der Waals surface area contributed by atoms with E-state index in [2.05, 4.69) is 17.1 Å². The molecule has 1 rings (SSSR count). The molecule has 0 aliphatic rings. The molecule has 0 fully saturated rings. The highest BCUT2D eigenvalue weighted by Gasteiger charge is 2.10. The minimum absolute atomic E-state index is 0.756. The molecule has 0 unspecified atom stereocenters. The second-order valence-electron chi connectivity index (χ2n) is 3.70. The molecule has 0 aliphatic heterocycles. The summed E-state index contributed by atoms with van der Waals surface area (Å²) in [5, 5.41) is 3.11. The number of nitrogens with one attached hydrogen (secondary N) is 1. The number of benzene rings is 1. The van der Waals surface area contributed by atoms with Gasteiger partial charge in [0.05, 0.1) is 20.9 Å². The number of rotatable bonds is 5. The molecule has 0 bridgehead atoms. The zero-order chi connectivity index (χ0) is 12.1. The molecule has 0 saturated heterocycles. The fourth-order valence-corrected chi connectivity index (χ4v) is 1.70. The first kappa shape index (κ1) is 12.6. The van der Waals surface area contributed by atoms with Crippen molar-refractivity contribution >= 4 is 5.69 Å². The highest BCUT2D eigenvalue weighted by atomic mass is 16.5. The number of ether oxygens (including phenoxy) is 2. The summed E-state index contributed by atoms with van der Waals surface area (Å²) in [6.07, 6.45) is 0. The Hall–Kier alpha value is -1.42. The van der Waals surface area contributed by atoms with E-state index in [1.807, 2.05) is 26.2 Å². The summed E-state index contributed by atoms with van der Waals surface area (Å²) in [4.78, 5) is 2.12. The summed E-state index contributed by atoms with van der Waals surface area (Å²) in [5.74, 6) is 1.52. The number of aryl methyl sites for hydroxylation is 1. The van der Waals surface area contributed by atoms with Gasteiger partial charge in [0.1, 0.15) is 0 Å². The fraction of sp³-hybridized carbons (Fsp3) is 0.500. The molecular formula is C12H20N2O2.